The van der Waals surface area contributed by atoms with Crippen LogP contribution in [0.2, 0.25) is 0 Å². The maximum absolute atomic E-state index is 11.2. The average Bonchev–Trinajstić information content (AvgIpc) is 2.47. The van der Waals surface area contributed by atoms with Crippen LogP contribution in [-0.4, -0.2) is 5.91 Å². The van der Waals surface area contributed by atoms with Gasteiger partial charge in [0, 0.05) is 5.56 Å². The Hall–Kier alpha value is -2.09. The van der Waals surface area contributed by atoms with E-state index in [1.165, 1.54) is 24.0 Å². The molecule has 2 N–H and O–H groups in total. The highest BCUT2D eigenvalue weighted by Gasteiger charge is 2.06. The summed E-state index contributed by atoms with van der Waals surface area (Å²) >= 11 is 0. The van der Waals surface area contributed by atoms with Gasteiger partial charge in [-0.1, -0.05) is 50.6 Å². The van der Waals surface area contributed by atoms with Gasteiger partial charge in [-0.05, 0) is 60.1 Å². The second-order valence-corrected chi connectivity index (χ2v) is 6.38. The van der Waals surface area contributed by atoms with Crippen LogP contribution in [0.1, 0.15) is 48.2 Å². The lowest BCUT2D eigenvalue weighted by Crippen LogP contribution is -2.10. The van der Waals surface area contributed by atoms with Gasteiger partial charge in [-0.3, -0.25) is 4.79 Å². The van der Waals surface area contributed by atoms with Gasteiger partial charge < -0.3 is 5.73 Å². The van der Waals surface area contributed by atoms with Crippen molar-refractivity contribution in [2.24, 2.45) is 11.7 Å². The van der Waals surface area contributed by atoms with E-state index in [0.717, 1.165) is 23.5 Å². The van der Waals surface area contributed by atoms with Gasteiger partial charge in [0.2, 0.25) is 5.91 Å². The molecular formula is C20H25NO. The molecule has 1 amide bonds. The standard InChI is InChI=1S/C20H25NO/c1-14(2)5-4-6-16-7-9-17(10-8-16)19-12-11-18(20(21)22)13-15(19)3/h7-14H,4-6H2,1-3H3,(H2,21,22). The molecule has 0 atom stereocenters. The number of primary amides is 1. The van der Waals surface area contributed by atoms with Gasteiger partial charge in [-0.15, -0.1) is 0 Å². The predicted molar refractivity (Wildman–Crippen MR) is 92.9 cm³/mol. The normalized spacial score (nSPS) is 10.9. The third kappa shape index (κ3) is 4.20. The van der Waals surface area contributed by atoms with E-state index in [1.54, 1.807) is 6.07 Å². The van der Waals surface area contributed by atoms with Gasteiger partial charge in [-0.25, -0.2) is 0 Å². The van der Waals surface area contributed by atoms with Gasteiger partial charge in [0.1, 0.15) is 0 Å². The van der Waals surface area contributed by atoms with Crippen LogP contribution in [-0.2, 0) is 6.42 Å². The Morgan fingerprint density at radius 1 is 1.09 bits per heavy atom. The minimum absolute atomic E-state index is 0.379. The Balaban J connectivity index is 2.11. The van der Waals surface area contributed by atoms with E-state index in [9.17, 15) is 4.79 Å². The van der Waals surface area contributed by atoms with Crippen LogP contribution in [0.5, 0.6) is 0 Å². The monoisotopic (exact) mass is 295 g/mol. The van der Waals surface area contributed by atoms with Crippen molar-refractivity contribution in [3.05, 3.63) is 59.2 Å². The molecule has 2 heteroatoms. The molecule has 0 saturated carbocycles. The molecule has 0 aliphatic carbocycles. The SMILES string of the molecule is Cc1cc(C(N)=O)ccc1-c1ccc(CCCC(C)C)cc1. The molecule has 2 aromatic rings. The highest BCUT2D eigenvalue weighted by Crippen LogP contribution is 2.25. The summed E-state index contributed by atoms with van der Waals surface area (Å²) in [5.74, 6) is 0.390. The van der Waals surface area contributed by atoms with E-state index in [4.69, 9.17) is 5.73 Å². The van der Waals surface area contributed by atoms with Gasteiger partial charge in [0.25, 0.3) is 0 Å². The zero-order valence-electron chi connectivity index (χ0n) is 13.7. The molecule has 2 nitrogen and oxygen atoms in total. The molecule has 0 saturated heterocycles. The largest absolute Gasteiger partial charge is 0.366 e. The Labute approximate surface area is 133 Å². The topological polar surface area (TPSA) is 43.1 Å². The number of nitrogens with two attached hydrogens (primary N) is 1. The first-order valence-corrected chi connectivity index (χ1v) is 7.97. The van der Waals surface area contributed by atoms with Gasteiger partial charge in [0.15, 0.2) is 0 Å². The van der Waals surface area contributed by atoms with Crippen molar-refractivity contribution in [1.29, 1.82) is 0 Å². The molecule has 0 aromatic heterocycles. The zero-order valence-corrected chi connectivity index (χ0v) is 13.7. The van der Waals surface area contributed by atoms with E-state index in [0.29, 0.717) is 5.56 Å². The first-order chi connectivity index (χ1) is 10.5. The lowest BCUT2D eigenvalue weighted by molar-refractivity contribution is 0.1000. The van der Waals surface area contributed by atoms with Crippen molar-refractivity contribution >= 4 is 5.91 Å². The number of hydrogen-bond acceptors (Lipinski definition) is 1. The fourth-order valence-corrected chi connectivity index (χ4v) is 2.71. The minimum Gasteiger partial charge on any atom is -0.366 e. The Kier molecular flexibility index (Phi) is 5.37. The predicted octanol–water partition coefficient (Wildman–Crippen LogP) is 4.74. The molecule has 0 radical (unpaired) electrons. The van der Waals surface area contributed by atoms with Crippen molar-refractivity contribution in [2.75, 3.05) is 0 Å². The summed E-state index contributed by atoms with van der Waals surface area (Å²) in [6.45, 7) is 6.54. The van der Waals surface area contributed by atoms with E-state index >= 15 is 0 Å². The lowest BCUT2D eigenvalue weighted by atomic mass is 9.96. The quantitative estimate of drug-likeness (QED) is 0.821. The van der Waals surface area contributed by atoms with Crippen molar-refractivity contribution in [1.82, 2.24) is 0 Å². The van der Waals surface area contributed by atoms with Crippen molar-refractivity contribution in [3.63, 3.8) is 0 Å². The zero-order chi connectivity index (χ0) is 16.1. The Bertz CT molecular complexity index is 641. The van der Waals surface area contributed by atoms with Gasteiger partial charge in [0.05, 0.1) is 0 Å². The van der Waals surface area contributed by atoms with Gasteiger partial charge >= 0.3 is 0 Å². The molecule has 0 bridgehead atoms. The maximum atomic E-state index is 11.2. The maximum Gasteiger partial charge on any atom is 0.248 e. The first kappa shape index (κ1) is 16.3. The van der Waals surface area contributed by atoms with Crippen LogP contribution in [0, 0.1) is 12.8 Å². The van der Waals surface area contributed by atoms with Gasteiger partial charge in [-0.2, -0.15) is 0 Å². The summed E-state index contributed by atoms with van der Waals surface area (Å²) in [6, 6.07) is 14.4. The molecule has 0 spiro atoms. The van der Waals surface area contributed by atoms with Crippen molar-refractivity contribution < 1.29 is 4.79 Å². The Morgan fingerprint density at radius 3 is 2.32 bits per heavy atom. The van der Waals surface area contributed by atoms with Crippen LogP contribution in [0.3, 0.4) is 0 Å². The molecule has 0 unspecified atom stereocenters. The number of rotatable bonds is 6. The fraction of sp³-hybridized carbons (Fsp3) is 0.350. The van der Waals surface area contributed by atoms with Crippen LogP contribution in [0.25, 0.3) is 11.1 Å². The summed E-state index contributed by atoms with van der Waals surface area (Å²) in [6.07, 6.45) is 3.65. The van der Waals surface area contributed by atoms with Crippen LogP contribution in [0.4, 0.5) is 0 Å². The van der Waals surface area contributed by atoms with E-state index in [-0.39, 0.29) is 5.91 Å². The highest BCUT2D eigenvalue weighted by molar-refractivity contribution is 5.93. The highest BCUT2D eigenvalue weighted by atomic mass is 16.1. The molecule has 2 rings (SSSR count). The number of amides is 1. The van der Waals surface area contributed by atoms with Crippen molar-refractivity contribution in [2.45, 2.75) is 40.0 Å². The van der Waals surface area contributed by atoms with E-state index < -0.39 is 0 Å². The molecule has 116 valence electrons. The number of carbonyl (C=O) groups is 1. The molecule has 22 heavy (non-hydrogen) atoms. The molecule has 2 aromatic carbocycles. The number of aryl methyl sites for hydroxylation is 2. The fourth-order valence-electron chi connectivity index (χ4n) is 2.71. The molecule has 0 aliphatic heterocycles. The summed E-state index contributed by atoms with van der Waals surface area (Å²) in [5.41, 5.74) is 10.7. The summed E-state index contributed by atoms with van der Waals surface area (Å²) < 4.78 is 0. The van der Waals surface area contributed by atoms with E-state index in [1.807, 2.05) is 19.1 Å². The third-order valence-electron chi connectivity index (χ3n) is 4.02. The van der Waals surface area contributed by atoms with Crippen molar-refractivity contribution in [3.8, 4) is 11.1 Å². The molecule has 0 fully saturated rings. The number of carbonyl (C=O) groups excluding carboxylic acids is 1. The summed E-state index contributed by atoms with van der Waals surface area (Å²) in [4.78, 5) is 11.2. The molecule has 0 aliphatic rings. The van der Waals surface area contributed by atoms with E-state index in [2.05, 4.69) is 38.1 Å². The Morgan fingerprint density at radius 2 is 1.77 bits per heavy atom. The average molecular weight is 295 g/mol. The third-order valence-corrected chi connectivity index (χ3v) is 4.02. The second-order valence-electron chi connectivity index (χ2n) is 6.38. The smallest absolute Gasteiger partial charge is 0.248 e. The second kappa shape index (κ2) is 7.26. The van der Waals surface area contributed by atoms with Crippen LogP contribution >= 0.6 is 0 Å². The number of benzene rings is 2. The summed E-state index contributed by atoms with van der Waals surface area (Å²) in [7, 11) is 0. The van der Waals surface area contributed by atoms with Crippen LogP contribution in [0.15, 0.2) is 42.5 Å². The summed E-state index contributed by atoms with van der Waals surface area (Å²) in [5, 5.41) is 0. The lowest BCUT2D eigenvalue weighted by Gasteiger charge is -2.09. The molecular weight excluding hydrogens is 270 g/mol. The number of hydrogen-bond donors (Lipinski definition) is 1. The van der Waals surface area contributed by atoms with Crippen LogP contribution < -0.4 is 5.73 Å². The molecule has 0 heterocycles. The first-order valence-electron chi connectivity index (χ1n) is 7.97. The minimum atomic E-state index is -0.379.